The Balaban J connectivity index is 0.000000423. The van der Waals surface area contributed by atoms with Crippen molar-refractivity contribution in [2.45, 2.75) is 31.5 Å². The van der Waals surface area contributed by atoms with Crippen LogP contribution >= 0.6 is 0 Å². The lowest BCUT2D eigenvalue weighted by molar-refractivity contribution is -0.192. The molecule has 0 radical (unpaired) electrons. The first-order valence-electron chi connectivity index (χ1n) is 9.97. The Kier molecular flexibility index (Phi) is 9.38. The zero-order chi connectivity index (χ0) is 22.9. The molecule has 11 heteroatoms. The van der Waals surface area contributed by atoms with Gasteiger partial charge in [0.1, 0.15) is 6.33 Å². The summed E-state index contributed by atoms with van der Waals surface area (Å²) in [6, 6.07) is 0. The Hall–Kier alpha value is -2.53. The number of carboxylic acid groups (broad SMARTS) is 1. The van der Waals surface area contributed by atoms with E-state index in [-0.39, 0.29) is 12.0 Å². The van der Waals surface area contributed by atoms with Crippen molar-refractivity contribution in [2.75, 3.05) is 39.3 Å². The maximum Gasteiger partial charge on any atom is 0.490 e. The zero-order valence-electron chi connectivity index (χ0n) is 17.1. The summed E-state index contributed by atoms with van der Waals surface area (Å²) in [6.07, 6.45) is 4.30. The van der Waals surface area contributed by atoms with Crippen LogP contribution in [0.25, 0.3) is 0 Å². The zero-order valence-corrected chi connectivity index (χ0v) is 17.1. The number of piperidine rings is 1. The van der Waals surface area contributed by atoms with Crippen LogP contribution in [0.1, 0.15) is 18.4 Å². The summed E-state index contributed by atoms with van der Waals surface area (Å²) < 4.78 is 37.8. The number of halogens is 3. The number of alkyl halides is 3. The minimum Gasteiger partial charge on any atom is -0.475 e. The van der Waals surface area contributed by atoms with Gasteiger partial charge in [0, 0.05) is 57.5 Å². The number of hydrogen-bond donors (Lipinski definition) is 1. The van der Waals surface area contributed by atoms with Gasteiger partial charge in [-0.15, -0.1) is 6.58 Å². The lowest BCUT2D eigenvalue weighted by Gasteiger charge is -2.38. The minimum absolute atomic E-state index is 0.164. The fourth-order valence-electron chi connectivity index (χ4n) is 3.56. The van der Waals surface area contributed by atoms with Crippen LogP contribution in [0.2, 0.25) is 0 Å². The number of carbonyl (C=O) groups is 2. The third kappa shape index (κ3) is 8.25. The smallest absolute Gasteiger partial charge is 0.475 e. The fourth-order valence-corrected chi connectivity index (χ4v) is 3.56. The number of nitrogens with zero attached hydrogens (tertiary/aromatic N) is 4. The van der Waals surface area contributed by atoms with Gasteiger partial charge < -0.3 is 14.7 Å². The maximum atomic E-state index is 12.5. The standard InChI is InChI=1S/C18H26N4O2.C2HF3O2/c1-2-6-21-8-9-24-17-13-22(7-5-16(17)12-21)18(23)4-3-15-10-19-14-20-11-15;3-2(4,5)1(6)7/h2,10-11,14,16-17H,1,3-9,12-13H2;(H,6,7)/t16-,17-;/m1./s1. The molecule has 1 amide bonds. The highest BCUT2D eigenvalue weighted by Gasteiger charge is 2.38. The number of hydrogen-bond acceptors (Lipinski definition) is 6. The van der Waals surface area contributed by atoms with Gasteiger partial charge in [-0.05, 0) is 18.4 Å². The third-order valence-electron chi connectivity index (χ3n) is 5.15. The van der Waals surface area contributed by atoms with Crippen LogP contribution in [-0.4, -0.2) is 88.4 Å². The Labute approximate surface area is 178 Å². The van der Waals surface area contributed by atoms with Crippen LogP contribution in [0, 0.1) is 5.92 Å². The SMILES string of the molecule is C=CCN1CCO[C@@H]2CN(C(=O)CCc3cncnc3)CC[C@@H]2C1.O=C(O)C(F)(F)F. The van der Waals surface area contributed by atoms with Gasteiger partial charge in [-0.3, -0.25) is 9.69 Å². The van der Waals surface area contributed by atoms with Crippen LogP contribution in [0.4, 0.5) is 13.2 Å². The Morgan fingerprint density at radius 2 is 1.94 bits per heavy atom. The average molecular weight is 444 g/mol. The molecule has 0 aromatic carbocycles. The summed E-state index contributed by atoms with van der Waals surface area (Å²) >= 11 is 0. The Morgan fingerprint density at radius 1 is 1.26 bits per heavy atom. The highest BCUT2D eigenvalue weighted by molar-refractivity contribution is 5.76. The molecule has 0 bridgehead atoms. The molecule has 3 heterocycles. The van der Waals surface area contributed by atoms with Crippen molar-refractivity contribution in [1.29, 1.82) is 0 Å². The molecule has 2 fully saturated rings. The molecule has 0 unspecified atom stereocenters. The predicted molar refractivity (Wildman–Crippen MR) is 105 cm³/mol. The van der Waals surface area contributed by atoms with E-state index in [0.29, 0.717) is 18.8 Å². The third-order valence-corrected chi connectivity index (χ3v) is 5.15. The molecule has 1 aromatic heterocycles. The van der Waals surface area contributed by atoms with Crippen LogP contribution in [0.15, 0.2) is 31.4 Å². The van der Waals surface area contributed by atoms with Gasteiger partial charge in [0.2, 0.25) is 5.91 Å². The van der Waals surface area contributed by atoms with E-state index in [1.165, 1.54) is 6.33 Å². The number of carboxylic acids is 1. The molecule has 172 valence electrons. The van der Waals surface area contributed by atoms with E-state index in [2.05, 4.69) is 21.4 Å². The van der Waals surface area contributed by atoms with Gasteiger partial charge in [0.15, 0.2) is 0 Å². The fraction of sp³-hybridized carbons (Fsp3) is 0.600. The number of aliphatic carboxylic acids is 1. The average Bonchev–Trinajstić information content (AvgIpc) is 2.94. The van der Waals surface area contributed by atoms with Crippen molar-refractivity contribution in [3.05, 3.63) is 36.9 Å². The van der Waals surface area contributed by atoms with Crippen molar-refractivity contribution in [3.63, 3.8) is 0 Å². The molecule has 3 rings (SSSR count). The summed E-state index contributed by atoms with van der Waals surface area (Å²) in [4.78, 5) is 33.7. The van der Waals surface area contributed by atoms with E-state index in [0.717, 1.165) is 51.3 Å². The maximum absolute atomic E-state index is 12.5. The van der Waals surface area contributed by atoms with Gasteiger partial charge in [-0.2, -0.15) is 13.2 Å². The molecule has 0 saturated carbocycles. The topological polar surface area (TPSA) is 95.9 Å². The quantitative estimate of drug-likeness (QED) is 0.692. The summed E-state index contributed by atoms with van der Waals surface area (Å²) in [5, 5.41) is 7.12. The van der Waals surface area contributed by atoms with E-state index >= 15 is 0 Å². The molecule has 2 aliphatic heterocycles. The van der Waals surface area contributed by atoms with Gasteiger partial charge in [-0.1, -0.05) is 6.08 Å². The van der Waals surface area contributed by atoms with Crippen molar-refractivity contribution in [1.82, 2.24) is 19.8 Å². The molecule has 8 nitrogen and oxygen atoms in total. The van der Waals surface area contributed by atoms with Crippen LogP contribution < -0.4 is 0 Å². The van der Waals surface area contributed by atoms with Crippen molar-refractivity contribution < 1.29 is 32.6 Å². The predicted octanol–water partition coefficient (Wildman–Crippen LogP) is 1.78. The molecule has 0 aliphatic carbocycles. The normalized spacial score (nSPS) is 21.8. The molecule has 31 heavy (non-hydrogen) atoms. The largest absolute Gasteiger partial charge is 0.490 e. The van der Waals surface area contributed by atoms with Crippen LogP contribution in [0.3, 0.4) is 0 Å². The van der Waals surface area contributed by atoms with Gasteiger partial charge in [0.25, 0.3) is 0 Å². The molecule has 2 aliphatic rings. The summed E-state index contributed by atoms with van der Waals surface area (Å²) in [5.41, 5.74) is 1.01. The van der Waals surface area contributed by atoms with Gasteiger partial charge in [0.05, 0.1) is 12.7 Å². The van der Waals surface area contributed by atoms with Gasteiger partial charge in [-0.25, -0.2) is 14.8 Å². The van der Waals surface area contributed by atoms with E-state index in [1.54, 1.807) is 12.4 Å². The minimum atomic E-state index is -5.08. The first-order chi connectivity index (χ1) is 14.7. The number of aromatic nitrogens is 2. The molecule has 1 N–H and O–H groups in total. The molecular weight excluding hydrogens is 417 g/mol. The number of rotatable bonds is 5. The monoisotopic (exact) mass is 444 g/mol. The number of amides is 1. The van der Waals surface area contributed by atoms with Crippen molar-refractivity contribution in [2.24, 2.45) is 5.92 Å². The lowest BCUT2D eigenvalue weighted by atomic mass is 9.93. The number of likely N-dealkylation sites (tertiary alicyclic amines) is 1. The molecule has 0 spiro atoms. The van der Waals surface area contributed by atoms with Crippen molar-refractivity contribution >= 4 is 11.9 Å². The summed E-state index contributed by atoms with van der Waals surface area (Å²) in [6.45, 7) is 9.01. The first kappa shape index (κ1) is 24.7. The van der Waals surface area contributed by atoms with E-state index < -0.39 is 12.1 Å². The second-order valence-corrected chi connectivity index (χ2v) is 7.40. The number of fused-ring (bicyclic) bond motifs is 1. The first-order valence-corrected chi connectivity index (χ1v) is 9.97. The van der Waals surface area contributed by atoms with Crippen LogP contribution in [-0.2, 0) is 20.7 Å². The van der Waals surface area contributed by atoms with Crippen molar-refractivity contribution in [3.8, 4) is 0 Å². The lowest BCUT2D eigenvalue weighted by Crippen LogP contribution is -2.49. The van der Waals surface area contributed by atoms with E-state index in [4.69, 9.17) is 14.6 Å². The Morgan fingerprint density at radius 3 is 2.55 bits per heavy atom. The van der Waals surface area contributed by atoms with Crippen LogP contribution in [0.5, 0.6) is 0 Å². The second-order valence-electron chi connectivity index (χ2n) is 7.40. The van der Waals surface area contributed by atoms with Gasteiger partial charge >= 0.3 is 12.1 Å². The Bertz CT molecular complexity index is 733. The van der Waals surface area contributed by atoms with E-state index in [1.807, 2.05) is 11.0 Å². The molecule has 2 saturated heterocycles. The molecule has 2 atom stereocenters. The number of aryl methyl sites for hydroxylation is 1. The number of carbonyl (C=O) groups excluding carboxylic acids is 1. The molecule has 1 aromatic rings. The molecular formula is C20H27F3N4O4. The van der Waals surface area contributed by atoms with E-state index in [9.17, 15) is 18.0 Å². The summed E-state index contributed by atoms with van der Waals surface area (Å²) in [5.74, 6) is -2.04. The highest BCUT2D eigenvalue weighted by Crippen LogP contribution is 2.24. The second kappa shape index (κ2) is 11.8. The number of ether oxygens (including phenoxy) is 1. The highest BCUT2D eigenvalue weighted by atomic mass is 19.4. The summed E-state index contributed by atoms with van der Waals surface area (Å²) in [7, 11) is 0.